The van der Waals surface area contributed by atoms with E-state index in [0.29, 0.717) is 5.56 Å². The third kappa shape index (κ3) is 3.67. The molecule has 3 rings (SSSR count). The molecule has 1 aliphatic rings. The molecule has 0 unspecified atom stereocenters. The number of rotatable bonds is 5. The summed E-state index contributed by atoms with van der Waals surface area (Å²) in [6.07, 6.45) is 0.575. The molecule has 0 aromatic heterocycles. The second kappa shape index (κ2) is 7.52. The van der Waals surface area contributed by atoms with Crippen molar-refractivity contribution in [3.63, 3.8) is 0 Å². The van der Waals surface area contributed by atoms with Crippen LogP contribution in [-0.2, 0) is 16.1 Å². The summed E-state index contributed by atoms with van der Waals surface area (Å²) in [6.45, 7) is 4.21. The van der Waals surface area contributed by atoms with E-state index in [9.17, 15) is 14.4 Å². The van der Waals surface area contributed by atoms with Gasteiger partial charge in [0, 0.05) is 30.1 Å². The average Bonchev–Trinajstić information content (AvgIpc) is 2.95. The van der Waals surface area contributed by atoms with Crippen molar-refractivity contribution in [1.29, 1.82) is 0 Å². The minimum atomic E-state index is -0.134. The number of carbonyl (C=O) groups excluding carboxylic acids is 3. The van der Waals surface area contributed by atoms with Gasteiger partial charge in [-0.1, -0.05) is 30.3 Å². The number of nitrogens with zero attached hydrogens (tertiary/aromatic N) is 2. The molecule has 1 heterocycles. The Balaban J connectivity index is 1.77. The summed E-state index contributed by atoms with van der Waals surface area (Å²) in [5.41, 5.74) is 2.26. The molecule has 26 heavy (non-hydrogen) atoms. The fraction of sp³-hybridized carbons (Fsp3) is 0.286. The molecule has 0 saturated carbocycles. The highest BCUT2D eigenvalue weighted by molar-refractivity contribution is 6.06. The van der Waals surface area contributed by atoms with Crippen LogP contribution in [0.4, 0.5) is 5.69 Å². The van der Waals surface area contributed by atoms with Crippen LogP contribution in [0.2, 0.25) is 0 Å². The van der Waals surface area contributed by atoms with E-state index in [1.54, 1.807) is 29.2 Å². The number of amides is 3. The molecule has 134 valence electrons. The van der Waals surface area contributed by atoms with E-state index in [1.165, 1.54) is 4.90 Å². The van der Waals surface area contributed by atoms with E-state index in [0.717, 1.165) is 11.3 Å². The Morgan fingerprint density at radius 2 is 1.54 bits per heavy atom. The fourth-order valence-electron chi connectivity index (χ4n) is 3.11. The van der Waals surface area contributed by atoms with Crippen molar-refractivity contribution in [2.45, 2.75) is 39.3 Å². The van der Waals surface area contributed by atoms with Gasteiger partial charge in [0.15, 0.2) is 0 Å². The molecule has 2 aromatic carbocycles. The molecule has 0 atom stereocenters. The molecule has 0 aliphatic carbocycles. The normalized spacial score (nSPS) is 14.2. The van der Waals surface area contributed by atoms with Crippen LogP contribution in [0.5, 0.6) is 0 Å². The SMILES string of the molecule is CC(C)N(C(=O)c1ccc(CN2C(=O)CCC2=O)cc1)c1ccccc1. The molecular weight excluding hydrogens is 328 g/mol. The lowest BCUT2D eigenvalue weighted by Crippen LogP contribution is -2.37. The molecule has 0 N–H and O–H groups in total. The number of hydrogen-bond donors (Lipinski definition) is 0. The van der Waals surface area contributed by atoms with E-state index < -0.39 is 0 Å². The minimum absolute atomic E-state index is 0.0180. The zero-order valence-corrected chi connectivity index (χ0v) is 15.0. The number of likely N-dealkylation sites (tertiary alicyclic amines) is 1. The standard InChI is InChI=1S/C21H22N2O3/c1-15(2)23(18-6-4-3-5-7-18)21(26)17-10-8-16(9-11-17)14-22-19(24)12-13-20(22)25/h3-11,15H,12-14H2,1-2H3. The van der Waals surface area contributed by atoms with Gasteiger partial charge in [-0.25, -0.2) is 0 Å². The predicted octanol–water partition coefficient (Wildman–Crippen LogP) is 3.39. The largest absolute Gasteiger partial charge is 0.306 e. The van der Waals surface area contributed by atoms with Gasteiger partial charge in [-0.05, 0) is 43.7 Å². The summed E-state index contributed by atoms with van der Waals surface area (Å²) in [4.78, 5) is 39.4. The van der Waals surface area contributed by atoms with Crippen LogP contribution < -0.4 is 4.90 Å². The Hall–Kier alpha value is -2.95. The van der Waals surface area contributed by atoms with Crippen LogP contribution in [0.15, 0.2) is 54.6 Å². The van der Waals surface area contributed by atoms with Crippen molar-refractivity contribution in [3.8, 4) is 0 Å². The molecule has 0 radical (unpaired) electrons. The quantitative estimate of drug-likeness (QED) is 0.777. The molecule has 1 saturated heterocycles. The van der Waals surface area contributed by atoms with Crippen molar-refractivity contribution >= 4 is 23.4 Å². The Kier molecular flexibility index (Phi) is 5.16. The zero-order chi connectivity index (χ0) is 18.7. The van der Waals surface area contributed by atoms with Crippen LogP contribution in [0.25, 0.3) is 0 Å². The molecule has 5 heteroatoms. The number of anilines is 1. The summed E-state index contributed by atoms with van der Waals surface area (Å²) in [6, 6.07) is 16.7. The Bertz CT molecular complexity index is 797. The van der Waals surface area contributed by atoms with Gasteiger partial charge in [-0.15, -0.1) is 0 Å². The first kappa shape index (κ1) is 17.9. The predicted molar refractivity (Wildman–Crippen MR) is 99.6 cm³/mol. The van der Waals surface area contributed by atoms with Gasteiger partial charge in [0.2, 0.25) is 11.8 Å². The van der Waals surface area contributed by atoms with Crippen molar-refractivity contribution in [2.75, 3.05) is 4.90 Å². The van der Waals surface area contributed by atoms with Gasteiger partial charge in [0.1, 0.15) is 0 Å². The Labute approximate surface area is 153 Å². The van der Waals surface area contributed by atoms with Crippen LogP contribution in [-0.4, -0.2) is 28.7 Å². The van der Waals surface area contributed by atoms with Gasteiger partial charge in [0.05, 0.1) is 6.54 Å². The van der Waals surface area contributed by atoms with Gasteiger partial charge < -0.3 is 4.90 Å². The highest BCUT2D eigenvalue weighted by atomic mass is 16.2. The van der Waals surface area contributed by atoms with Crippen LogP contribution in [0.3, 0.4) is 0 Å². The first-order chi connectivity index (χ1) is 12.5. The van der Waals surface area contributed by atoms with Gasteiger partial charge in [0.25, 0.3) is 5.91 Å². The Morgan fingerprint density at radius 3 is 2.08 bits per heavy atom. The van der Waals surface area contributed by atoms with Crippen molar-refractivity contribution in [3.05, 3.63) is 65.7 Å². The van der Waals surface area contributed by atoms with Crippen LogP contribution in [0, 0.1) is 0 Å². The maximum atomic E-state index is 13.0. The summed E-state index contributed by atoms with van der Waals surface area (Å²) >= 11 is 0. The number of imide groups is 1. The lowest BCUT2D eigenvalue weighted by atomic mass is 10.1. The monoisotopic (exact) mass is 350 g/mol. The lowest BCUT2D eigenvalue weighted by Gasteiger charge is -2.27. The molecule has 5 nitrogen and oxygen atoms in total. The highest BCUT2D eigenvalue weighted by Crippen LogP contribution is 2.21. The molecule has 1 fully saturated rings. The van der Waals surface area contributed by atoms with E-state index in [2.05, 4.69) is 0 Å². The van der Waals surface area contributed by atoms with E-state index in [4.69, 9.17) is 0 Å². The average molecular weight is 350 g/mol. The van der Waals surface area contributed by atoms with E-state index in [1.807, 2.05) is 44.2 Å². The Morgan fingerprint density at radius 1 is 0.962 bits per heavy atom. The summed E-state index contributed by atoms with van der Waals surface area (Å²) in [5, 5.41) is 0. The first-order valence-electron chi connectivity index (χ1n) is 8.78. The van der Waals surface area contributed by atoms with Gasteiger partial charge >= 0.3 is 0 Å². The second-order valence-electron chi connectivity index (χ2n) is 6.67. The van der Waals surface area contributed by atoms with Crippen molar-refractivity contribution in [1.82, 2.24) is 4.90 Å². The maximum absolute atomic E-state index is 13.0. The highest BCUT2D eigenvalue weighted by Gasteiger charge is 2.28. The zero-order valence-electron chi connectivity index (χ0n) is 15.0. The summed E-state index contributed by atoms with van der Waals surface area (Å²) in [7, 11) is 0. The van der Waals surface area contributed by atoms with E-state index >= 15 is 0 Å². The summed E-state index contributed by atoms with van der Waals surface area (Å²) in [5.74, 6) is -0.346. The molecule has 0 spiro atoms. The fourth-order valence-corrected chi connectivity index (χ4v) is 3.11. The number of hydrogen-bond acceptors (Lipinski definition) is 3. The molecule has 3 amide bonds. The van der Waals surface area contributed by atoms with Crippen molar-refractivity contribution in [2.24, 2.45) is 0 Å². The number of benzene rings is 2. The van der Waals surface area contributed by atoms with E-state index in [-0.39, 0.29) is 43.1 Å². The third-order valence-electron chi connectivity index (χ3n) is 4.47. The number of para-hydroxylation sites is 1. The summed E-state index contributed by atoms with van der Waals surface area (Å²) < 4.78 is 0. The van der Waals surface area contributed by atoms with Gasteiger partial charge in [-0.3, -0.25) is 19.3 Å². The van der Waals surface area contributed by atoms with Crippen LogP contribution in [0.1, 0.15) is 42.6 Å². The molecule has 2 aromatic rings. The molecular formula is C21H22N2O3. The molecule has 1 aliphatic heterocycles. The second-order valence-corrected chi connectivity index (χ2v) is 6.67. The lowest BCUT2D eigenvalue weighted by molar-refractivity contribution is -0.139. The number of carbonyl (C=O) groups is 3. The third-order valence-corrected chi connectivity index (χ3v) is 4.47. The van der Waals surface area contributed by atoms with Crippen molar-refractivity contribution < 1.29 is 14.4 Å². The minimum Gasteiger partial charge on any atom is -0.306 e. The smallest absolute Gasteiger partial charge is 0.258 e. The van der Waals surface area contributed by atoms with Crippen LogP contribution >= 0.6 is 0 Å². The maximum Gasteiger partial charge on any atom is 0.258 e. The first-order valence-corrected chi connectivity index (χ1v) is 8.78. The molecule has 0 bridgehead atoms. The van der Waals surface area contributed by atoms with Gasteiger partial charge in [-0.2, -0.15) is 0 Å². The topological polar surface area (TPSA) is 57.7 Å².